The quantitative estimate of drug-likeness (QED) is 0.580. The van der Waals surface area contributed by atoms with E-state index in [2.05, 4.69) is 20.3 Å². The number of ether oxygens (including phenoxy) is 1. The maximum atomic E-state index is 13.9. The van der Waals surface area contributed by atoms with Gasteiger partial charge in [0.25, 0.3) is 0 Å². The van der Waals surface area contributed by atoms with Gasteiger partial charge in [0, 0.05) is 57.2 Å². The highest BCUT2D eigenvalue weighted by atomic mass is 32.2. The Kier molecular flexibility index (Phi) is 7.15. The molecule has 2 N–H and O–H groups in total. The highest BCUT2D eigenvalue weighted by Crippen LogP contribution is 2.37. The maximum Gasteiger partial charge on any atom is 0.247 e. The molecule has 0 bridgehead atoms. The van der Waals surface area contributed by atoms with Crippen LogP contribution >= 0.6 is 0 Å². The van der Waals surface area contributed by atoms with Crippen LogP contribution in [0.4, 0.5) is 0 Å². The number of rotatable bonds is 3. The summed E-state index contributed by atoms with van der Waals surface area (Å²) >= 11 is 0. The van der Waals surface area contributed by atoms with Crippen LogP contribution in [0.3, 0.4) is 0 Å². The van der Waals surface area contributed by atoms with Gasteiger partial charge in [-0.05, 0) is 49.8 Å². The van der Waals surface area contributed by atoms with Crippen molar-refractivity contribution in [3.8, 4) is 17.1 Å². The van der Waals surface area contributed by atoms with Crippen LogP contribution in [0.25, 0.3) is 11.4 Å². The number of fused-ring (bicyclic) bond motifs is 2. The molecule has 6 rings (SSSR count). The SMILES string of the molecule is Cn1ncnc1-c1ccc2c(c1)OCCC1(CCN(CC3CCCC3)CC1)NC(=O)[C@@H]1C[C@@H](O)CN1S2(=O)=O. The summed E-state index contributed by atoms with van der Waals surface area (Å²) in [5.74, 6) is 1.24. The fourth-order valence-corrected chi connectivity index (χ4v) is 8.56. The van der Waals surface area contributed by atoms with Crippen LogP contribution < -0.4 is 10.1 Å². The first-order chi connectivity index (χ1) is 18.7. The maximum absolute atomic E-state index is 13.9. The Bertz CT molecular complexity index is 1320. The number of piperidine rings is 1. The average molecular weight is 559 g/mol. The number of aliphatic hydroxyl groups excluding tert-OH is 1. The third-order valence-corrected chi connectivity index (χ3v) is 11.0. The molecule has 1 amide bonds. The Morgan fingerprint density at radius 1 is 1.18 bits per heavy atom. The van der Waals surface area contributed by atoms with E-state index >= 15 is 0 Å². The number of likely N-dealkylation sites (tertiary alicyclic amines) is 1. The Hall–Kier alpha value is -2.54. The van der Waals surface area contributed by atoms with Gasteiger partial charge in [-0.2, -0.15) is 9.40 Å². The Morgan fingerprint density at radius 3 is 2.67 bits per heavy atom. The number of nitrogens with zero attached hydrogens (tertiary/aromatic N) is 5. The van der Waals surface area contributed by atoms with E-state index in [4.69, 9.17) is 4.74 Å². The van der Waals surface area contributed by atoms with Crippen LogP contribution in [0.1, 0.15) is 51.4 Å². The molecule has 11 nitrogen and oxygen atoms in total. The van der Waals surface area contributed by atoms with E-state index in [0.29, 0.717) is 17.8 Å². The van der Waals surface area contributed by atoms with Crippen LogP contribution in [0.5, 0.6) is 5.75 Å². The lowest BCUT2D eigenvalue weighted by Crippen LogP contribution is -2.59. The number of amides is 1. The lowest BCUT2D eigenvalue weighted by atomic mass is 9.83. The standard InChI is InChI=1S/C27H38N6O5S/c1-31-25(28-18-29-31)20-6-7-24-23(14-20)38-13-10-27(8-11-32(12-9-27)16-19-4-2-3-5-19)30-26(35)22-15-21(34)17-33(22)39(24,36)37/h6-7,14,18-19,21-22,34H,2-5,8-13,15-17H2,1H3,(H,30,35)/t21-,22+/m1/s1. The highest BCUT2D eigenvalue weighted by molar-refractivity contribution is 7.89. The lowest BCUT2D eigenvalue weighted by molar-refractivity contribution is -0.127. The highest BCUT2D eigenvalue weighted by Gasteiger charge is 2.47. The van der Waals surface area contributed by atoms with E-state index in [-0.39, 0.29) is 36.1 Å². The molecule has 4 heterocycles. The summed E-state index contributed by atoms with van der Waals surface area (Å²) in [5.41, 5.74) is 0.193. The molecule has 0 radical (unpaired) electrons. The van der Waals surface area contributed by atoms with Crippen LogP contribution in [-0.4, -0.2) is 93.9 Å². The molecule has 3 fully saturated rings. The van der Waals surface area contributed by atoms with Crippen molar-refractivity contribution < 1.29 is 23.1 Å². The molecule has 2 saturated heterocycles. The number of aromatic nitrogens is 3. The molecule has 1 spiro atoms. The zero-order chi connectivity index (χ0) is 27.2. The average Bonchev–Trinajstić information content (AvgIpc) is 3.66. The van der Waals surface area contributed by atoms with Gasteiger partial charge in [-0.25, -0.2) is 18.1 Å². The van der Waals surface area contributed by atoms with E-state index in [1.54, 1.807) is 23.9 Å². The fraction of sp³-hybridized carbons (Fsp3) is 0.667. The molecule has 212 valence electrons. The lowest BCUT2D eigenvalue weighted by Gasteiger charge is -2.43. The molecule has 1 saturated carbocycles. The second-order valence-electron chi connectivity index (χ2n) is 11.7. The van der Waals surface area contributed by atoms with E-state index in [9.17, 15) is 18.3 Å². The van der Waals surface area contributed by atoms with Gasteiger partial charge in [-0.3, -0.25) is 4.79 Å². The molecule has 39 heavy (non-hydrogen) atoms. The monoisotopic (exact) mass is 558 g/mol. The van der Waals surface area contributed by atoms with Crippen LogP contribution in [-0.2, 0) is 21.9 Å². The summed E-state index contributed by atoms with van der Waals surface area (Å²) in [6.07, 6.45) is 7.98. The van der Waals surface area contributed by atoms with Crippen molar-refractivity contribution >= 4 is 15.9 Å². The third-order valence-electron chi connectivity index (χ3n) is 9.07. The van der Waals surface area contributed by atoms with Gasteiger partial charge in [0.15, 0.2) is 5.82 Å². The summed E-state index contributed by atoms with van der Waals surface area (Å²) in [6.45, 7) is 3.02. The number of nitrogens with one attached hydrogen (secondary N) is 1. The third kappa shape index (κ3) is 5.19. The van der Waals surface area contributed by atoms with Gasteiger partial charge in [-0.1, -0.05) is 12.8 Å². The number of sulfonamides is 1. The van der Waals surface area contributed by atoms with Crippen molar-refractivity contribution in [2.45, 2.75) is 73.9 Å². The van der Waals surface area contributed by atoms with Crippen molar-refractivity contribution in [3.05, 3.63) is 24.5 Å². The van der Waals surface area contributed by atoms with E-state index in [1.165, 1.54) is 38.1 Å². The molecule has 1 aromatic heterocycles. The first-order valence-corrected chi connectivity index (χ1v) is 15.5. The Labute approximate surface area is 229 Å². The minimum atomic E-state index is -4.12. The molecule has 3 aliphatic heterocycles. The molecule has 1 aliphatic carbocycles. The topological polar surface area (TPSA) is 130 Å². The number of hydrogen-bond acceptors (Lipinski definition) is 8. The second-order valence-corrected chi connectivity index (χ2v) is 13.5. The van der Waals surface area contributed by atoms with Crippen molar-refractivity contribution in [3.63, 3.8) is 0 Å². The van der Waals surface area contributed by atoms with Gasteiger partial charge in [-0.15, -0.1) is 0 Å². The van der Waals surface area contributed by atoms with Gasteiger partial charge < -0.3 is 20.1 Å². The minimum absolute atomic E-state index is 0.0114. The number of aliphatic hydroxyl groups is 1. The Balaban J connectivity index is 1.31. The molecular formula is C27H38N6O5S. The number of benzene rings is 1. The van der Waals surface area contributed by atoms with Gasteiger partial charge in [0.05, 0.1) is 12.7 Å². The van der Waals surface area contributed by atoms with E-state index in [1.807, 2.05) is 0 Å². The predicted molar refractivity (Wildman–Crippen MR) is 143 cm³/mol. The molecule has 0 unspecified atom stereocenters. The van der Waals surface area contributed by atoms with Crippen molar-refractivity contribution in [1.29, 1.82) is 0 Å². The van der Waals surface area contributed by atoms with Gasteiger partial charge >= 0.3 is 0 Å². The van der Waals surface area contributed by atoms with Crippen molar-refractivity contribution in [2.75, 3.05) is 32.8 Å². The Morgan fingerprint density at radius 2 is 1.95 bits per heavy atom. The van der Waals surface area contributed by atoms with Gasteiger partial charge in [0.1, 0.15) is 23.0 Å². The number of hydrogen-bond donors (Lipinski definition) is 2. The smallest absolute Gasteiger partial charge is 0.247 e. The minimum Gasteiger partial charge on any atom is -0.492 e. The summed E-state index contributed by atoms with van der Waals surface area (Å²) < 4.78 is 36.7. The number of aryl methyl sites for hydroxylation is 1. The molecule has 2 aromatic rings. The largest absolute Gasteiger partial charge is 0.492 e. The summed E-state index contributed by atoms with van der Waals surface area (Å²) in [7, 11) is -2.35. The second kappa shape index (κ2) is 10.5. The van der Waals surface area contributed by atoms with E-state index < -0.39 is 27.7 Å². The molecular weight excluding hydrogens is 520 g/mol. The van der Waals surface area contributed by atoms with Crippen molar-refractivity contribution in [2.24, 2.45) is 13.0 Å². The zero-order valence-electron chi connectivity index (χ0n) is 22.5. The van der Waals surface area contributed by atoms with Crippen LogP contribution in [0.15, 0.2) is 29.4 Å². The molecule has 2 atom stereocenters. The van der Waals surface area contributed by atoms with Crippen LogP contribution in [0, 0.1) is 5.92 Å². The number of carbonyl (C=O) groups excluding carboxylic acids is 1. The zero-order valence-corrected chi connectivity index (χ0v) is 23.3. The molecule has 4 aliphatic rings. The molecule has 12 heteroatoms. The van der Waals surface area contributed by atoms with E-state index in [0.717, 1.165) is 42.7 Å². The summed E-state index contributed by atoms with van der Waals surface area (Å²) in [6, 6.07) is 3.89. The summed E-state index contributed by atoms with van der Waals surface area (Å²) in [5, 5.41) is 17.8. The normalized spacial score (nSPS) is 27.9. The predicted octanol–water partition coefficient (Wildman–Crippen LogP) is 1.53. The number of carbonyl (C=O) groups is 1. The first kappa shape index (κ1) is 26.7. The summed E-state index contributed by atoms with van der Waals surface area (Å²) in [4.78, 5) is 20.4. The molecule has 1 aromatic carbocycles. The fourth-order valence-electron chi connectivity index (χ4n) is 6.81. The van der Waals surface area contributed by atoms with Crippen LogP contribution in [0.2, 0.25) is 0 Å². The van der Waals surface area contributed by atoms with Gasteiger partial charge in [0.2, 0.25) is 15.9 Å². The first-order valence-electron chi connectivity index (χ1n) is 14.1. The van der Waals surface area contributed by atoms with Crippen molar-refractivity contribution in [1.82, 2.24) is 29.3 Å².